The first-order valence-corrected chi connectivity index (χ1v) is 8.08. The summed E-state index contributed by atoms with van der Waals surface area (Å²) in [5.41, 5.74) is 0. The van der Waals surface area contributed by atoms with Crippen molar-refractivity contribution < 1.29 is 13.2 Å². The first-order chi connectivity index (χ1) is 9.52. The van der Waals surface area contributed by atoms with Gasteiger partial charge in [-0.25, -0.2) is 4.98 Å². The Bertz CT molecular complexity index is 392. The summed E-state index contributed by atoms with van der Waals surface area (Å²) in [6.45, 7) is 2.64. The fourth-order valence-electron chi connectivity index (χ4n) is 3.23. The maximum Gasteiger partial charge on any atom is 0.392 e. The number of nitrogens with zero attached hydrogens (tertiary/aromatic N) is 1. The molecule has 0 radical (unpaired) electrons. The van der Waals surface area contributed by atoms with Gasteiger partial charge in [-0.05, 0) is 25.3 Å². The van der Waals surface area contributed by atoms with Crippen molar-refractivity contribution >= 4 is 11.3 Å². The van der Waals surface area contributed by atoms with E-state index in [1.165, 1.54) is 11.3 Å². The predicted molar refractivity (Wildman–Crippen MR) is 74.8 cm³/mol. The van der Waals surface area contributed by atoms with Gasteiger partial charge in [-0.3, -0.25) is 0 Å². The highest BCUT2D eigenvalue weighted by molar-refractivity contribution is 7.09. The molecule has 0 aliphatic heterocycles. The summed E-state index contributed by atoms with van der Waals surface area (Å²) >= 11 is 1.52. The van der Waals surface area contributed by atoms with Crippen LogP contribution in [-0.2, 0) is 6.42 Å². The van der Waals surface area contributed by atoms with E-state index in [4.69, 9.17) is 0 Å². The molecule has 1 aromatic rings. The molecule has 1 heterocycles. The van der Waals surface area contributed by atoms with Crippen LogP contribution in [0, 0.1) is 11.8 Å². The Morgan fingerprint density at radius 2 is 2.15 bits per heavy atom. The van der Waals surface area contributed by atoms with E-state index in [-0.39, 0.29) is 18.4 Å². The third kappa shape index (κ3) is 3.95. The van der Waals surface area contributed by atoms with Crippen LogP contribution in [-0.4, -0.2) is 23.7 Å². The summed E-state index contributed by atoms with van der Waals surface area (Å²) in [6, 6.07) is -0.127. The Morgan fingerprint density at radius 3 is 2.75 bits per heavy atom. The van der Waals surface area contributed by atoms with Gasteiger partial charge in [-0.1, -0.05) is 19.8 Å². The van der Waals surface area contributed by atoms with Crippen molar-refractivity contribution in [3.63, 3.8) is 0 Å². The molecule has 0 spiro atoms. The van der Waals surface area contributed by atoms with Crippen LogP contribution >= 0.6 is 11.3 Å². The molecule has 0 saturated heterocycles. The molecule has 20 heavy (non-hydrogen) atoms. The molecule has 1 aliphatic rings. The molecule has 0 bridgehead atoms. The Kier molecular flexibility index (Phi) is 5.43. The minimum Gasteiger partial charge on any atom is -0.314 e. The molecule has 3 atom stereocenters. The van der Waals surface area contributed by atoms with Crippen LogP contribution in [0.3, 0.4) is 0 Å². The van der Waals surface area contributed by atoms with Gasteiger partial charge in [0.25, 0.3) is 0 Å². The van der Waals surface area contributed by atoms with Crippen molar-refractivity contribution in [1.82, 2.24) is 10.3 Å². The van der Waals surface area contributed by atoms with Gasteiger partial charge in [0.1, 0.15) is 0 Å². The van der Waals surface area contributed by atoms with Crippen molar-refractivity contribution in [3.8, 4) is 0 Å². The van der Waals surface area contributed by atoms with Crippen LogP contribution in [0.25, 0.3) is 0 Å². The summed E-state index contributed by atoms with van der Waals surface area (Å²) in [4.78, 5) is 4.22. The molecule has 114 valence electrons. The number of aromatic nitrogens is 1. The average Bonchev–Trinajstić information content (AvgIpc) is 2.90. The van der Waals surface area contributed by atoms with Gasteiger partial charge in [0.05, 0.1) is 10.9 Å². The lowest BCUT2D eigenvalue weighted by Crippen LogP contribution is -2.46. The molecule has 3 unspecified atom stereocenters. The van der Waals surface area contributed by atoms with Crippen molar-refractivity contribution in [2.75, 3.05) is 6.54 Å². The number of halogens is 3. The summed E-state index contributed by atoms with van der Waals surface area (Å²) < 4.78 is 39.7. The number of nitrogens with one attached hydrogen (secondary N) is 1. The molecule has 1 saturated carbocycles. The molecule has 0 aromatic carbocycles. The van der Waals surface area contributed by atoms with E-state index in [1.54, 1.807) is 6.20 Å². The Morgan fingerprint density at radius 1 is 1.40 bits per heavy atom. The van der Waals surface area contributed by atoms with Crippen LogP contribution in [0.15, 0.2) is 11.6 Å². The molecule has 2 nitrogen and oxygen atoms in total. The predicted octanol–water partition coefficient (Wildman–Crippen LogP) is 4.03. The molecule has 1 aromatic heterocycles. The first-order valence-electron chi connectivity index (χ1n) is 7.20. The van der Waals surface area contributed by atoms with Gasteiger partial charge >= 0.3 is 6.18 Å². The molecule has 2 rings (SSSR count). The first kappa shape index (κ1) is 15.8. The Hall–Kier alpha value is -0.620. The lowest BCUT2D eigenvalue weighted by molar-refractivity contribution is -0.199. The number of alkyl halides is 3. The monoisotopic (exact) mass is 306 g/mol. The highest BCUT2D eigenvalue weighted by atomic mass is 32.1. The zero-order valence-electron chi connectivity index (χ0n) is 11.6. The molecule has 0 amide bonds. The van der Waals surface area contributed by atoms with Crippen molar-refractivity contribution in [2.24, 2.45) is 11.8 Å². The van der Waals surface area contributed by atoms with Gasteiger partial charge in [0, 0.05) is 24.0 Å². The summed E-state index contributed by atoms with van der Waals surface area (Å²) in [7, 11) is 0. The van der Waals surface area contributed by atoms with E-state index >= 15 is 0 Å². The van der Waals surface area contributed by atoms with Crippen LogP contribution < -0.4 is 5.32 Å². The lowest BCUT2D eigenvalue weighted by Gasteiger charge is -2.38. The van der Waals surface area contributed by atoms with E-state index < -0.39 is 12.1 Å². The highest BCUT2D eigenvalue weighted by Crippen LogP contribution is 2.43. The number of hydrogen-bond donors (Lipinski definition) is 1. The summed E-state index contributed by atoms with van der Waals surface area (Å²) in [5, 5.41) is 6.05. The van der Waals surface area contributed by atoms with Gasteiger partial charge < -0.3 is 5.32 Å². The van der Waals surface area contributed by atoms with Gasteiger partial charge in [0.2, 0.25) is 0 Å². The Labute approximate surface area is 121 Å². The van der Waals surface area contributed by atoms with Gasteiger partial charge in [-0.2, -0.15) is 13.2 Å². The number of rotatable bonds is 5. The quantitative estimate of drug-likeness (QED) is 0.888. The fourth-order valence-corrected chi connectivity index (χ4v) is 3.90. The maximum atomic E-state index is 13.2. The topological polar surface area (TPSA) is 24.9 Å². The maximum absolute atomic E-state index is 13.2. The zero-order valence-corrected chi connectivity index (χ0v) is 12.4. The lowest BCUT2D eigenvalue weighted by atomic mass is 9.74. The number of likely N-dealkylation sites (N-methyl/N-ethyl adjacent to an activating group) is 1. The normalized spacial score (nSPS) is 25.6. The van der Waals surface area contributed by atoms with Crippen LogP contribution in [0.2, 0.25) is 0 Å². The van der Waals surface area contributed by atoms with E-state index in [0.717, 1.165) is 11.4 Å². The fraction of sp³-hybridized carbons (Fsp3) is 0.786. The van der Waals surface area contributed by atoms with Crippen LogP contribution in [0.4, 0.5) is 13.2 Å². The van der Waals surface area contributed by atoms with Gasteiger partial charge in [0.15, 0.2) is 0 Å². The zero-order chi connectivity index (χ0) is 14.6. The molecule has 1 N–H and O–H groups in total. The van der Waals surface area contributed by atoms with E-state index in [9.17, 15) is 13.2 Å². The smallest absolute Gasteiger partial charge is 0.314 e. The van der Waals surface area contributed by atoms with E-state index in [1.807, 2.05) is 12.3 Å². The Balaban J connectivity index is 2.12. The third-order valence-corrected chi connectivity index (χ3v) is 4.90. The highest BCUT2D eigenvalue weighted by Gasteiger charge is 2.47. The summed E-state index contributed by atoms with van der Waals surface area (Å²) in [5.74, 6) is -1.49. The second kappa shape index (κ2) is 6.89. The molecule has 6 heteroatoms. The van der Waals surface area contributed by atoms with E-state index in [2.05, 4.69) is 10.3 Å². The molecular formula is C14H21F3N2S. The molecular weight excluding hydrogens is 285 g/mol. The van der Waals surface area contributed by atoms with Crippen LogP contribution in [0.5, 0.6) is 0 Å². The minimum absolute atomic E-state index is 0.127. The number of thiazole rings is 1. The second-order valence-corrected chi connectivity index (χ2v) is 6.37. The van der Waals surface area contributed by atoms with Crippen molar-refractivity contribution in [3.05, 3.63) is 16.6 Å². The van der Waals surface area contributed by atoms with Gasteiger partial charge in [-0.15, -0.1) is 11.3 Å². The van der Waals surface area contributed by atoms with Crippen molar-refractivity contribution in [2.45, 2.75) is 51.2 Å². The number of hydrogen-bond acceptors (Lipinski definition) is 3. The van der Waals surface area contributed by atoms with E-state index in [0.29, 0.717) is 25.8 Å². The summed E-state index contributed by atoms with van der Waals surface area (Å²) in [6.07, 6.45) is 0.754. The van der Waals surface area contributed by atoms with Crippen molar-refractivity contribution in [1.29, 1.82) is 0 Å². The third-order valence-electron chi connectivity index (χ3n) is 4.10. The molecule has 1 aliphatic carbocycles. The minimum atomic E-state index is -4.08. The molecule has 1 fully saturated rings. The standard InChI is InChI=1S/C14H21F3N2S/c1-2-18-12(9-13-19-7-8-20-13)10-5-3-4-6-11(10)14(15,16)17/h7-8,10-12,18H,2-6,9H2,1H3. The van der Waals surface area contributed by atoms with Crippen LogP contribution in [0.1, 0.15) is 37.6 Å². The second-order valence-electron chi connectivity index (χ2n) is 5.39. The largest absolute Gasteiger partial charge is 0.392 e. The SMILES string of the molecule is CCNC(Cc1nccs1)C1CCCCC1C(F)(F)F. The average molecular weight is 306 g/mol.